The van der Waals surface area contributed by atoms with E-state index in [4.69, 9.17) is 10.1 Å². The van der Waals surface area contributed by atoms with E-state index in [9.17, 15) is 4.79 Å². The first-order valence-electron chi connectivity index (χ1n) is 4.59. The number of carbonyl (C=O) groups excluding carboxylic acids is 1. The molecule has 0 aromatic carbocycles. The Hall–Kier alpha value is -1.08. The van der Waals surface area contributed by atoms with Crippen molar-refractivity contribution in [1.29, 1.82) is 5.26 Å². The number of hydroxylamine groups is 1. The Balaban J connectivity index is 2.18. The SMILES string of the molecule is CC(C#N)C(=O)NOC1CCCC1. The van der Waals surface area contributed by atoms with Crippen molar-refractivity contribution in [2.24, 2.45) is 5.92 Å². The maximum Gasteiger partial charge on any atom is 0.260 e. The van der Waals surface area contributed by atoms with Gasteiger partial charge >= 0.3 is 0 Å². The highest BCUT2D eigenvalue weighted by atomic mass is 16.7. The third-order valence-corrected chi connectivity index (χ3v) is 2.22. The van der Waals surface area contributed by atoms with Crippen LogP contribution in [0.15, 0.2) is 0 Å². The first kappa shape index (κ1) is 10.0. The third kappa shape index (κ3) is 3.03. The summed E-state index contributed by atoms with van der Waals surface area (Å²) in [6.07, 6.45) is 4.47. The van der Waals surface area contributed by atoms with Gasteiger partial charge in [-0.1, -0.05) is 12.8 Å². The number of nitriles is 1. The largest absolute Gasteiger partial charge is 0.271 e. The van der Waals surface area contributed by atoms with E-state index in [1.165, 1.54) is 0 Å². The van der Waals surface area contributed by atoms with Crippen LogP contribution in [0.25, 0.3) is 0 Å². The molecule has 4 heteroatoms. The van der Waals surface area contributed by atoms with E-state index >= 15 is 0 Å². The molecule has 0 spiro atoms. The van der Waals surface area contributed by atoms with Gasteiger partial charge in [0.1, 0.15) is 5.92 Å². The second-order valence-corrected chi connectivity index (χ2v) is 3.34. The molecule has 0 heterocycles. The molecule has 13 heavy (non-hydrogen) atoms. The number of hydrogen-bond acceptors (Lipinski definition) is 3. The zero-order valence-corrected chi connectivity index (χ0v) is 7.75. The van der Waals surface area contributed by atoms with Crippen LogP contribution in [0.1, 0.15) is 32.6 Å². The Kier molecular flexibility index (Phi) is 3.71. The van der Waals surface area contributed by atoms with Crippen LogP contribution in [-0.2, 0) is 9.63 Å². The number of hydrogen-bond donors (Lipinski definition) is 1. The molecule has 1 aliphatic carbocycles. The summed E-state index contributed by atoms with van der Waals surface area (Å²) in [5.41, 5.74) is 2.31. The lowest BCUT2D eigenvalue weighted by Gasteiger charge is -2.11. The fourth-order valence-corrected chi connectivity index (χ4v) is 1.29. The average molecular weight is 182 g/mol. The molecule has 1 aliphatic rings. The fraction of sp³-hybridized carbons (Fsp3) is 0.778. The summed E-state index contributed by atoms with van der Waals surface area (Å²) in [4.78, 5) is 16.2. The zero-order chi connectivity index (χ0) is 9.68. The fourth-order valence-electron chi connectivity index (χ4n) is 1.29. The summed E-state index contributed by atoms with van der Waals surface area (Å²) in [6.45, 7) is 1.55. The minimum absolute atomic E-state index is 0.148. The molecule has 4 nitrogen and oxygen atoms in total. The molecule has 1 amide bonds. The smallest absolute Gasteiger partial charge is 0.260 e. The van der Waals surface area contributed by atoms with E-state index in [0.717, 1.165) is 25.7 Å². The van der Waals surface area contributed by atoms with Gasteiger partial charge in [0.2, 0.25) is 0 Å². The monoisotopic (exact) mass is 182 g/mol. The van der Waals surface area contributed by atoms with E-state index in [2.05, 4.69) is 5.48 Å². The van der Waals surface area contributed by atoms with Crippen LogP contribution in [0.5, 0.6) is 0 Å². The molecule has 1 rings (SSSR count). The molecule has 0 bridgehead atoms. The molecule has 0 aliphatic heterocycles. The van der Waals surface area contributed by atoms with E-state index in [1.807, 2.05) is 6.07 Å². The van der Waals surface area contributed by atoms with Gasteiger partial charge in [0, 0.05) is 0 Å². The van der Waals surface area contributed by atoms with Crippen LogP contribution in [0, 0.1) is 17.2 Å². The summed E-state index contributed by atoms with van der Waals surface area (Å²) in [5, 5.41) is 8.43. The van der Waals surface area contributed by atoms with Crippen molar-refractivity contribution in [2.45, 2.75) is 38.7 Å². The van der Waals surface area contributed by atoms with Gasteiger partial charge in [-0.3, -0.25) is 9.63 Å². The van der Waals surface area contributed by atoms with Gasteiger partial charge in [0.05, 0.1) is 12.2 Å². The van der Waals surface area contributed by atoms with Crippen molar-refractivity contribution in [3.8, 4) is 6.07 Å². The second-order valence-electron chi connectivity index (χ2n) is 3.34. The number of nitrogens with one attached hydrogen (secondary N) is 1. The van der Waals surface area contributed by atoms with Crippen LogP contribution in [0.2, 0.25) is 0 Å². The Labute approximate surface area is 77.8 Å². The van der Waals surface area contributed by atoms with E-state index in [-0.39, 0.29) is 12.0 Å². The van der Waals surface area contributed by atoms with Crippen molar-refractivity contribution in [1.82, 2.24) is 5.48 Å². The lowest BCUT2D eigenvalue weighted by molar-refractivity contribution is -0.140. The Bertz CT molecular complexity index is 216. The maximum absolute atomic E-state index is 11.1. The predicted molar refractivity (Wildman–Crippen MR) is 46.3 cm³/mol. The normalized spacial score (nSPS) is 19.4. The second kappa shape index (κ2) is 4.83. The Morgan fingerprint density at radius 1 is 1.62 bits per heavy atom. The van der Waals surface area contributed by atoms with Gasteiger partial charge in [-0.15, -0.1) is 0 Å². The highest BCUT2D eigenvalue weighted by Crippen LogP contribution is 2.19. The van der Waals surface area contributed by atoms with Crippen LogP contribution < -0.4 is 5.48 Å². The molecule has 1 atom stereocenters. The minimum atomic E-state index is -0.638. The third-order valence-electron chi connectivity index (χ3n) is 2.22. The van der Waals surface area contributed by atoms with Crippen molar-refractivity contribution in [3.05, 3.63) is 0 Å². The van der Waals surface area contributed by atoms with Gasteiger partial charge in [-0.05, 0) is 19.8 Å². The predicted octanol–water partition coefficient (Wildman–Crippen LogP) is 1.14. The molecule has 1 fully saturated rings. The summed E-state index contributed by atoms with van der Waals surface area (Å²) >= 11 is 0. The lowest BCUT2D eigenvalue weighted by atomic mass is 10.2. The van der Waals surface area contributed by atoms with Crippen LogP contribution in [0.4, 0.5) is 0 Å². The van der Waals surface area contributed by atoms with Crippen molar-refractivity contribution in [2.75, 3.05) is 0 Å². The van der Waals surface area contributed by atoms with E-state index < -0.39 is 5.92 Å². The standard InChI is InChI=1S/C9H14N2O2/c1-7(6-10)9(12)11-13-8-4-2-3-5-8/h7-8H,2-5H2,1H3,(H,11,12). The van der Waals surface area contributed by atoms with Gasteiger partial charge in [0.25, 0.3) is 5.91 Å². The topological polar surface area (TPSA) is 62.1 Å². The van der Waals surface area contributed by atoms with Crippen LogP contribution in [0.3, 0.4) is 0 Å². The molecule has 0 radical (unpaired) electrons. The molecule has 0 aromatic rings. The number of amides is 1. The Morgan fingerprint density at radius 3 is 2.77 bits per heavy atom. The molecular formula is C9H14N2O2. The summed E-state index contributed by atoms with van der Waals surface area (Å²) in [7, 11) is 0. The molecule has 72 valence electrons. The van der Waals surface area contributed by atoms with Crippen molar-refractivity contribution < 1.29 is 9.63 Å². The lowest BCUT2D eigenvalue weighted by Crippen LogP contribution is -2.31. The van der Waals surface area contributed by atoms with Crippen molar-refractivity contribution >= 4 is 5.91 Å². The Morgan fingerprint density at radius 2 is 2.23 bits per heavy atom. The van der Waals surface area contributed by atoms with Gasteiger partial charge < -0.3 is 0 Å². The first-order valence-corrected chi connectivity index (χ1v) is 4.59. The summed E-state index contributed by atoms with van der Waals surface area (Å²) in [5.74, 6) is -0.990. The summed E-state index contributed by atoms with van der Waals surface area (Å²) < 4.78 is 0. The van der Waals surface area contributed by atoms with Crippen LogP contribution in [-0.4, -0.2) is 12.0 Å². The summed E-state index contributed by atoms with van der Waals surface area (Å²) in [6, 6.07) is 1.85. The van der Waals surface area contributed by atoms with E-state index in [1.54, 1.807) is 6.92 Å². The van der Waals surface area contributed by atoms with Gasteiger partial charge in [-0.25, -0.2) is 5.48 Å². The quantitative estimate of drug-likeness (QED) is 0.665. The molecular weight excluding hydrogens is 168 g/mol. The van der Waals surface area contributed by atoms with Gasteiger partial charge in [0.15, 0.2) is 0 Å². The maximum atomic E-state index is 11.1. The number of carbonyl (C=O) groups is 1. The van der Waals surface area contributed by atoms with E-state index in [0.29, 0.717) is 0 Å². The highest BCUT2D eigenvalue weighted by Gasteiger charge is 2.18. The molecule has 1 saturated carbocycles. The van der Waals surface area contributed by atoms with Gasteiger partial charge in [-0.2, -0.15) is 5.26 Å². The van der Waals surface area contributed by atoms with Crippen molar-refractivity contribution in [3.63, 3.8) is 0 Å². The molecule has 1 N–H and O–H groups in total. The number of rotatable bonds is 3. The zero-order valence-electron chi connectivity index (χ0n) is 7.75. The number of nitrogens with zero attached hydrogens (tertiary/aromatic N) is 1. The van der Waals surface area contributed by atoms with Crippen LogP contribution >= 0.6 is 0 Å². The molecule has 0 saturated heterocycles. The average Bonchev–Trinajstić information content (AvgIpc) is 2.65. The highest BCUT2D eigenvalue weighted by molar-refractivity contribution is 5.79. The molecule has 1 unspecified atom stereocenters. The first-order chi connectivity index (χ1) is 6.24. The minimum Gasteiger partial charge on any atom is -0.271 e. The molecule has 0 aromatic heterocycles.